The second kappa shape index (κ2) is 2.50. The van der Waals surface area contributed by atoms with Crippen LogP contribution in [0.3, 0.4) is 0 Å². The topological polar surface area (TPSA) is 77.2 Å². The fourth-order valence-electron chi connectivity index (χ4n) is 0.689. The molecule has 2 N–H and O–H groups in total. The highest BCUT2D eigenvalue weighted by Gasteiger charge is 2.12. The largest absolute Gasteiger partial charge is 0.366 e. The first-order valence-electron chi connectivity index (χ1n) is 2.92. The van der Waals surface area contributed by atoms with Gasteiger partial charge in [0.05, 0.1) is 5.75 Å². The minimum atomic E-state index is -3.11. The molecule has 1 rings (SSSR count). The van der Waals surface area contributed by atoms with Gasteiger partial charge in [-0.05, 0) is 6.08 Å². The Morgan fingerprint density at radius 1 is 1.55 bits per heavy atom. The second-order valence-electron chi connectivity index (χ2n) is 2.16. The molecule has 0 aromatic rings. The van der Waals surface area contributed by atoms with E-state index in [0.717, 1.165) is 5.41 Å². The van der Waals surface area contributed by atoms with Crippen LogP contribution in [0.1, 0.15) is 0 Å². The maximum absolute atomic E-state index is 10.7. The highest BCUT2D eigenvalue weighted by Crippen LogP contribution is 2.07. The molecule has 0 spiro atoms. The summed E-state index contributed by atoms with van der Waals surface area (Å²) in [5.74, 6) is -0.738. The average Bonchev–Trinajstić information content (AvgIpc) is 1.86. The number of nitrogens with two attached hydrogens (primary N) is 1. The first-order chi connectivity index (χ1) is 5.01. The Kier molecular flexibility index (Phi) is 1.82. The number of primary amides is 1. The summed E-state index contributed by atoms with van der Waals surface area (Å²) < 4.78 is 21.5. The van der Waals surface area contributed by atoms with E-state index in [4.69, 9.17) is 5.73 Å². The van der Waals surface area contributed by atoms with Crippen molar-refractivity contribution in [2.45, 2.75) is 0 Å². The summed E-state index contributed by atoms with van der Waals surface area (Å²) in [6, 6.07) is 0. The van der Waals surface area contributed by atoms with Crippen molar-refractivity contribution in [1.29, 1.82) is 0 Å². The lowest BCUT2D eigenvalue weighted by atomic mass is 10.2. The molecule has 0 radical (unpaired) electrons. The zero-order chi connectivity index (χ0) is 8.48. The molecular weight excluding hydrogens is 166 g/mol. The van der Waals surface area contributed by atoms with Gasteiger partial charge in [0.1, 0.15) is 0 Å². The maximum Gasteiger partial charge on any atom is 0.248 e. The fourth-order valence-corrected chi connectivity index (χ4v) is 1.57. The van der Waals surface area contributed by atoms with Gasteiger partial charge < -0.3 is 5.73 Å². The van der Waals surface area contributed by atoms with Crippen molar-refractivity contribution in [2.75, 3.05) is 5.75 Å². The summed E-state index contributed by atoms with van der Waals surface area (Å²) in [4.78, 5) is 10.5. The lowest BCUT2D eigenvalue weighted by molar-refractivity contribution is -0.114. The lowest BCUT2D eigenvalue weighted by Gasteiger charge is -2.02. The Morgan fingerprint density at radius 2 is 2.18 bits per heavy atom. The van der Waals surface area contributed by atoms with Crippen molar-refractivity contribution in [2.24, 2.45) is 5.73 Å². The van der Waals surface area contributed by atoms with E-state index in [0.29, 0.717) is 0 Å². The summed E-state index contributed by atoms with van der Waals surface area (Å²) in [5.41, 5.74) is 5.15. The SMILES string of the molecule is NC(=O)C1=CCS(=O)(=O)C=C1. The Bertz CT molecular complexity index is 337. The highest BCUT2D eigenvalue weighted by molar-refractivity contribution is 7.94. The van der Waals surface area contributed by atoms with Gasteiger partial charge in [-0.15, -0.1) is 0 Å². The molecule has 0 atom stereocenters. The van der Waals surface area contributed by atoms with E-state index in [1.54, 1.807) is 0 Å². The predicted octanol–water partition coefficient (Wildman–Crippen LogP) is -0.660. The van der Waals surface area contributed by atoms with Gasteiger partial charge in [-0.25, -0.2) is 8.42 Å². The molecule has 0 aliphatic carbocycles. The fraction of sp³-hybridized carbons (Fsp3) is 0.167. The van der Waals surface area contributed by atoms with Gasteiger partial charge in [-0.3, -0.25) is 4.79 Å². The molecule has 0 bridgehead atoms. The third kappa shape index (κ3) is 1.91. The van der Waals surface area contributed by atoms with Gasteiger partial charge in [0.15, 0.2) is 9.84 Å². The zero-order valence-electron chi connectivity index (χ0n) is 5.65. The van der Waals surface area contributed by atoms with E-state index in [1.807, 2.05) is 0 Å². The summed E-state index contributed by atoms with van der Waals surface area (Å²) >= 11 is 0. The molecule has 1 aliphatic rings. The van der Waals surface area contributed by atoms with Crippen LogP contribution in [0.2, 0.25) is 0 Å². The molecule has 0 aromatic carbocycles. The van der Waals surface area contributed by atoms with E-state index in [9.17, 15) is 13.2 Å². The quantitative estimate of drug-likeness (QED) is 0.571. The van der Waals surface area contributed by atoms with Gasteiger partial charge in [0, 0.05) is 11.0 Å². The number of hydrogen-bond donors (Lipinski definition) is 1. The number of sulfone groups is 1. The molecule has 0 unspecified atom stereocenters. The summed E-state index contributed by atoms with van der Waals surface area (Å²) in [7, 11) is -3.11. The third-order valence-electron chi connectivity index (χ3n) is 1.28. The number of hydrogen-bond acceptors (Lipinski definition) is 3. The van der Waals surface area contributed by atoms with E-state index < -0.39 is 15.7 Å². The Hall–Kier alpha value is -1.10. The highest BCUT2D eigenvalue weighted by atomic mass is 32.2. The molecule has 60 valence electrons. The molecule has 1 amide bonds. The van der Waals surface area contributed by atoms with Crippen LogP contribution in [0.5, 0.6) is 0 Å². The maximum atomic E-state index is 10.7. The zero-order valence-corrected chi connectivity index (χ0v) is 6.47. The van der Waals surface area contributed by atoms with Crippen LogP contribution in [0.25, 0.3) is 0 Å². The number of rotatable bonds is 1. The molecular formula is C6H7NO3S. The van der Waals surface area contributed by atoms with Crippen LogP contribution in [-0.2, 0) is 14.6 Å². The number of amides is 1. The van der Waals surface area contributed by atoms with Crippen LogP contribution in [-0.4, -0.2) is 20.1 Å². The van der Waals surface area contributed by atoms with E-state index in [-0.39, 0.29) is 11.3 Å². The Morgan fingerprint density at radius 3 is 2.55 bits per heavy atom. The molecule has 0 aromatic heterocycles. The van der Waals surface area contributed by atoms with Crippen molar-refractivity contribution < 1.29 is 13.2 Å². The Labute approximate surface area is 64.3 Å². The van der Waals surface area contributed by atoms with Gasteiger partial charge in [0.25, 0.3) is 0 Å². The summed E-state index contributed by atoms with van der Waals surface area (Å²) in [6.45, 7) is 0. The van der Waals surface area contributed by atoms with E-state index >= 15 is 0 Å². The predicted molar refractivity (Wildman–Crippen MR) is 40.2 cm³/mol. The summed E-state index contributed by atoms with van der Waals surface area (Å²) in [6.07, 6.45) is 2.51. The summed E-state index contributed by atoms with van der Waals surface area (Å²) in [5, 5.41) is 0.993. The third-order valence-corrected chi connectivity index (χ3v) is 2.46. The van der Waals surface area contributed by atoms with Gasteiger partial charge >= 0.3 is 0 Å². The number of carbonyl (C=O) groups is 1. The average molecular weight is 173 g/mol. The van der Waals surface area contributed by atoms with Crippen LogP contribution in [0, 0.1) is 0 Å². The minimum Gasteiger partial charge on any atom is -0.366 e. The van der Waals surface area contributed by atoms with Crippen LogP contribution in [0.15, 0.2) is 23.1 Å². The van der Waals surface area contributed by atoms with Crippen molar-refractivity contribution in [1.82, 2.24) is 0 Å². The van der Waals surface area contributed by atoms with Gasteiger partial charge in [-0.1, -0.05) is 6.08 Å². The van der Waals surface area contributed by atoms with Gasteiger partial charge in [-0.2, -0.15) is 0 Å². The standard InChI is InChI=1S/C6H7NO3S/c7-6(8)5-1-3-11(9,10)4-2-5/h1-3H,4H2,(H2,7,8). The van der Waals surface area contributed by atoms with Crippen molar-refractivity contribution >= 4 is 15.7 Å². The second-order valence-corrected chi connectivity index (χ2v) is 4.09. The molecule has 1 aliphatic heterocycles. The van der Waals surface area contributed by atoms with E-state index in [1.165, 1.54) is 12.2 Å². The molecule has 5 heteroatoms. The monoisotopic (exact) mass is 173 g/mol. The van der Waals surface area contributed by atoms with Crippen LogP contribution < -0.4 is 5.73 Å². The molecule has 0 saturated heterocycles. The van der Waals surface area contributed by atoms with Crippen molar-refractivity contribution in [3.8, 4) is 0 Å². The first-order valence-corrected chi connectivity index (χ1v) is 4.63. The smallest absolute Gasteiger partial charge is 0.248 e. The lowest BCUT2D eigenvalue weighted by Crippen LogP contribution is -2.16. The normalized spacial score (nSPS) is 20.9. The van der Waals surface area contributed by atoms with Gasteiger partial charge in [0.2, 0.25) is 5.91 Å². The van der Waals surface area contributed by atoms with Crippen LogP contribution >= 0.6 is 0 Å². The van der Waals surface area contributed by atoms with Crippen molar-refractivity contribution in [3.63, 3.8) is 0 Å². The molecule has 11 heavy (non-hydrogen) atoms. The first kappa shape index (κ1) is 8.00. The molecule has 0 saturated carbocycles. The molecule has 0 fully saturated rings. The Balaban J connectivity index is 2.92. The number of carbonyl (C=O) groups excluding carboxylic acids is 1. The van der Waals surface area contributed by atoms with Crippen LogP contribution in [0.4, 0.5) is 0 Å². The van der Waals surface area contributed by atoms with Crippen molar-refractivity contribution in [3.05, 3.63) is 23.1 Å². The molecule has 4 nitrogen and oxygen atoms in total. The van der Waals surface area contributed by atoms with E-state index in [2.05, 4.69) is 0 Å². The molecule has 1 heterocycles. The minimum absolute atomic E-state index is 0.137.